The van der Waals surface area contributed by atoms with Crippen LogP contribution >= 0.6 is 23.4 Å². The van der Waals surface area contributed by atoms with Gasteiger partial charge in [0.25, 0.3) is 0 Å². The molecule has 2 aromatic rings. The van der Waals surface area contributed by atoms with E-state index in [4.69, 9.17) is 11.6 Å². The Hall–Kier alpha value is -1.06. The third-order valence-electron chi connectivity index (χ3n) is 2.25. The van der Waals surface area contributed by atoms with Crippen LogP contribution in [-0.2, 0) is 6.54 Å². The highest BCUT2D eigenvalue weighted by atomic mass is 35.5. The quantitative estimate of drug-likeness (QED) is 0.474. The van der Waals surface area contributed by atoms with Gasteiger partial charge in [0, 0.05) is 23.9 Å². The number of nitrogens with zero attached hydrogens (tertiary/aromatic N) is 2. The number of hydrogen-bond acceptors (Lipinski definition) is 2. The predicted molar refractivity (Wildman–Crippen MR) is 66.8 cm³/mol. The van der Waals surface area contributed by atoms with E-state index in [1.807, 2.05) is 30.5 Å². The lowest BCUT2D eigenvalue weighted by Gasteiger charge is -2.01. The van der Waals surface area contributed by atoms with E-state index in [1.165, 1.54) is 5.03 Å². The highest BCUT2D eigenvalue weighted by molar-refractivity contribution is 7.98. The van der Waals surface area contributed by atoms with Crippen molar-refractivity contribution in [1.29, 1.82) is 0 Å². The summed E-state index contributed by atoms with van der Waals surface area (Å²) < 4.78 is 2.19. The van der Waals surface area contributed by atoms with Gasteiger partial charge in [0.05, 0.1) is 0 Å². The van der Waals surface area contributed by atoms with Crippen molar-refractivity contribution < 1.29 is 4.57 Å². The van der Waals surface area contributed by atoms with E-state index in [2.05, 4.69) is 28.1 Å². The summed E-state index contributed by atoms with van der Waals surface area (Å²) in [6, 6.07) is 10.00. The zero-order valence-corrected chi connectivity index (χ0v) is 10.5. The van der Waals surface area contributed by atoms with Gasteiger partial charge in [-0.1, -0.05) is 23.4 Å². The normalized spacial score (nSPS) is 10.4. The maximum atomic E-state index is 5.75. The largest absolute Gasteiger partial charge is 0.244 e. The Morgan fingerprint density at radius 1 is 1.31 bits per heavy atom. The molecule has 0 unspecified atom stereocenters. The van der Waals surface area contributed by atoms with Crippen LogP contribution in [0.1, 0.15) is 5.56 Å². The van der Waals surface area contributed by atoms with Crippen LogP contribution in [0.15, 0.2) is 47.8 Å². The van der Waals surface area contributed by atoms with Gasteiger partial charge in [-0.15, -0.1) is 0 Å². The molecule has 0 amide bonds. The summed E-state index contributed by atoms with van der Waals surface area (Å²) >= 11 is 7.49. The number of hydrogen-bond donors (Lipinski definition) is 0. The van der Waals surface area contributed by atoms with Crippen LogP contribution in [0.4, 0.5) is 0 Å². The van der Waals surface area contributed by atoms with Crippen molar-refractivity contribution in [3.8, 4) is 0 Å². The van der Waals surface area contributed by atoms with Crippen LogP contribution in [0.3, 0.4) is 0 Å². The number of aromatic nitrogens is 2. The Bertz CT molecular complexity index is 471. The molecule has 0 bridgehead atoms. The second-order valence-corrected chi connectivity index (χ2v) is 4.57. The summed E-state index contributed by atoms with van der Waals surface area (Å²) in [4.78, 5) is 4.08. The minimum absolute atomic E-state index is 0.534. The smallest absolute Gasteiger partial charge is 0.240 e. The molecule has 0 aromatic carbocycles. The fourth-order valence-electron chi connectivity index (χ4n) is 1.47. The zero-order chi connectivity index (χ0) is 11.4. The molecule has 0 radical (unpaired) electrons. The van der Waals surface area contributed by atoms with Crippen molar-refractivity contribution >= 4 is 23.4 Å². The average Bonchev–Trinajstić information content (AvgIpc) is 2.33. The molecule has 0 spiro atoms. The molecular weight excluding hydrogens is 240 g/mol. The molecule has 0 aliphatic rings. The third kappa shape index (κ3) is 2.74. The van der Waals surface area contributed by atoms with Crippen molar-refractivity contribution in [2.24, 2.45) is 0 Å². The number of halogens is 1. The summed E-state index contributed by atoms with van der Waals surface area (Å²) in [6.45, 7) is 0.821. The van der Waals surface area contributed by atoms with Crippen LogP contribution in [0.25, 0.3) is 0 Å². The molecule has 0 aliphatic carbocycles. The Morgan fingerprint density at radius 2 is 2.19 bits per heavy atom. The van der Waals surface area contributed by atoms with Gasteiger partial charge >= 0.3 is 0 Å². The molecule has 2 heterocycles. The molecule has 2 aromatic heterocycles. The van der Waals surface area contributed by atoms with Crippen molar-refractivity contribution in [1.82, 2.24) is 4.98 Å². The summed E-state index contributed by atoms with van der Waals surface area (Å²) in [6.07, 6.45) is 5.96. The molecule has 0 saturated carbocycles. The van der Waals surface area contributed by atoms with Gasteiger partial charge in [-0.3, -0.25) is 0 Å². The summed E-state index contributed by atoms with van der Waals surface area (Å²) in [5, 5.41) is 1.77. The van der Waals surface area contributed by atoms with Crippen LogP contribution in [-0.4, -0.2) is 11.2 Å². The maximum Gasteiger partial charge on any atom is 0.240 e. The van der Waals surface area contributed by atoms with Gasteiger partial charge in [-0.05, 0) is 24.5 Å². The van der Waals surface area contributed by atoms with Gasteiger partial charge in [0.15, 0.2) is 12.7 Å². The van der Waals surface area contributed by atoms with Crippen molar-refractivity contribution in [2.45, 2.75) is 11.6 Å². The van der Waals surface area contributed by atoms with E-state index in [1.54, 1.807) is 11.8 Å². The van der Waals surface area contributed by atoms with Crippen molar-refractivity contribution in [3.63, 3.8) is 0 Å². The lowest BCUT2D eigenvalue weighted by molar-refractivity contribution is -0.724. The van der Waals surface area contributed by atoms with E-state index in [0.717, 1.165) is 12.1 Å². The monoisotopic (exact) mass is 251 g/mol. The highest BCUT2D eigenvalue weighted by Gasteiger charge is 2.08. The first-order valence-corrected chi connectivity index (χ1v) is 6.53. The number of pyridine rings is 2. The molecule has 0 N–H and O–H groups in total. The minimum Gasteiger partial charge on any atom is -0.244 e. The molecule has 16 heavy (non-hydrogen) atoms. The molecule has 0 saturated heterocycles. The SMILES string of the molecule is CSc1cccc[n+]1Cc1ccc(Cl)nc1. The van der Waals surface area contributed by atoms with E-state index < -0.39 is 0 Å². The minimum atomic E-state index is 0.534. The lowest BCUT2D eigenvalue weighted by Crippen LogP contribution is -2.36. The Morgan fingerprint density at radius 3 is 2.88 bits per heavy atom. The zero-order valence-electron chi connectivity index (χ0n) is 8.93. The molecule has 0 aliphatic heterocycles. The predicted octanol–water partition coefficient (Wildman–Crippen LogP) is 2.79. The molecule has 2 nitrogen and oxygen atoms in total. The maximum absolute atomic E-state index is 5.75. The number of thioether (sulfide) groups is 1. The molecular formula is C12H12ClN2S+. The molecule has 0 atom stereocenters. The van der Waals surface area contributed by atoms with Gasteiger partial charge in [0.2, 0.25) is 5.03 Å². The number of rotatable bonds is 3. The summed E-state index contributed by atoms with van der Waals surface area (Å²) in [5.74, 6) is 0. The molecule has 0 fully saturated rings. The fourth-order valence-corrected chi connectivity index (χ4v) is 2.16. The van der Waals surface area contributed by atoms with Gasteiger partial charge in [-0.2, -0.15) is 4.57 Å². The van der Waals surface area contributed by atoms with Gasteiger partial charge in [-0.25, -0.2) is 4.98 Å². The second-order valence-electron chi connectivity index (χ2n) is 3.36. The van der Waals surface area contributed by atoms with E-state index in [9.17, 15) is 0 Å². The molecule has 82 valence electrons. The first-order valence-electron chi connectivity index (χ1n) is 4.92. The highest BCUT2D eigenvalue weighted by Crippen LogP contribution is 2.09. The first kappa shape index (κ1) is 11.4. The second kappa shape index (κ2) is 5.32. The van der Waals surface area contributed by atoms with E-state index >= 15 is 0 Å². The van der Waals surface area contributed by atoms with Crippen molar-refractivity contribution in [2.75, 3.05) is 6.26 Å². The molecule has 2 rings (SSSR count). The summed E-state index contributed by atoms with van der Waals surface area (Å²) in [5.41, 5.74) is 1.15. The van der Waals surface area contributed by atoms with Crippen molar-refractivity contribution in [3.05, 3.63) is 53.4 Å². The lowest BCUT2D eigenvalue weighted by atomic mass is 10.3. The Kier molecular flexibility index (Phi) is 3.80. The van der Waals surface area contributed by atoms with Crippen LogP contribution in [0.2, 0.25) is 5.15 Å². The summed E-state index contributed by atoms with van der Waals surface area (Å²) in [7, 11) is 0. The fraction of sp³-hybridized carbons (Fsp3) is 0.167. The third-order valence-corrected chi connectivity index (χ3v) is 3.26. The van der Waals surface area contributed by atoms with Crippen LogP contribution in [0.5, 0.6) is 0 Å². The van der Waals surface area contributed by atoms with E-state index in [-0.39, 0.29) is 0 Å². The topological polar surface area (TPSA) is 16.8 Å². The van der Waals surface area contributed by atoms with E-state index in [0.29, 0.717) is 5.15 Å². The molecule has 4 heteroatoms. The Labute approximate surface area is 104 Å². The Balaban J connectivity index is 2.23. The average molecular weight is 252 g/mol. The van der Waals surface area contributed by atoms with Gasteiger partial charge in [0.1, 0.15) is 5.15 Å². The van der Waals surface area contributed by atoms with Crippen LogP contribution in [0, 0.1) is 0 Å². The van der Waals surface area contributed by atoms with Gasteiger partial charge < -0.3 is 0 Å². The standard InChI is InChI=1S/C12H12ClN2S/c1-16-12-4-2-3-7-15(12)9-10-5-6-11(13)14-8-10/h2-8H,9H2,1H3/q+1. The first-order chi connectivity index (χ1) is 7.79. The van der Waals surface area contributed by atoms with Crippen LogP contribution < -0.4 is 4.57 Å².